The van der Waals surface area contributed by atoms with E-state index in [1.54, 1.807) is 12.1 Å². The lowest BCUT2D eigenvalue weighted by Gasteiger charge is -2.16. The maximum atomic E-state index is 14.2. The number of hydrogen-bond donors (Lipinski definition) is 1. The second-order valence-electron chi connectivity index (χ2n) is 14.1. The smallest absolute Gasteiger partial charge is 0.418 e. The van der Waals surface area contributed by atoms with Gasteiger partial charge in [-0.05, 0) is 72.8 Å². The Labute approximate surface area is 433 Å². The molecule has 0 bridgehead atoms. The number of benzene rings is 6. The van der Waals surface area contributed by atoms with Crippen molar-refractivity contribution in [3.63, 3.8) is 0 Å². The summed E-state index contributed by atoms with van der Waals surface area (Å²) in [5, 5.41) is 15.0. The summed E-state index contributed by atoms with van der Waals surface area (Å²) in [6, 6.07) is 26.1. The van der Waals surface area contributed by atoms with Crippen LogP contribution in [-0.2, 0) is 35.8 Å². The van der Waals surface area contributed by atoms with E-state index in [1.807, 2.05) is 0 Å². The van der Waals surface area contributed by atoms with Gasteiger partial charge in [0.15, 0.2) is 10.3 Å². The van der Waals surface area contributed by atoms with Crippen LogP contribution in [0.4, 0.5) is 43.9 Å². The molecule has 0 aliphatic heterocycles. The number of halogens is 15. The van der Waals surface area contributed by atoms with Crippen molar-refractivity contribution in [3.8, 4) is 17.4 Å². The number of nitrogens with one attached hydrogen (secondary N) is 1. The molecule has 8 rings (SSSR count). The van der Waals surface area contributed by atoms with E-state index < -0.39 is 53.2 Å². The molecule has 0 aliphatic rings. The molecule has 2 aromatic heterocycles. The molecule has 25 heteroatoms. The van der Waals surface area contributed by atoms with Gasteiger partial charge < -0.3 is 4.74 Å². The largest absolute Gasteiger partial charge is 0.458 e. The minimum absolute atomic E-state index is 0.000153. The van der Waals surface area contributed by atoms with Crippen LogP contribution in [0, 0.1) is 23.3 Å². The molecule has 372 valence electrons. The third-order valence-corrected chi connectivity index (χ3v) is 13.5. The van der Waals surface area contributed by atoms with E-state index >= 15 is 0 Å². The topological polar surface area (TPSA) is 90.6 Å². The van der Waals surface area contributed by atoms with Crippen LogP contribution in [0.25, 0.3) is 11.4 Å². The van der Waals surface area contributed by atoms with E-state index in [0.29, 0.717) is 15.9 Å². The summed E-state index contributed by atoms with van der Waals surface area (Å²) in [7, 11) is 0. The summed E-state index contributed by atoms with van der Waals surface area (Å²) < 4.78 is 143. The molecular weight excluding hydrogens is 1140 g/mol. The second-order valence-corrected chi connectivity index (χ2v) is 18.2. The minimum Gasteiger partial charge on any atom is -0.458 e. The Morgan fingerprint density at radius 1 is 0.535 bits per heavy atom. The zero-order valence-electron chi connectivity index (χ0n) is 35.4. The molecule has 2 heterocycles. The molecule has 8 nitrogen and oxygen atoms in total. The van der Waals surface area contributed by atoms with Gasteiger partial charge in [0.05, 0.1) is 27.5 Å². The molecule has 8 aromatic rings. The second kappa shape index (κ2) is 24.5. The Bertz CT molecular complexity index is 3040. The number of thioether (sulfide) groups is 2. The molecule has 0 radical (unpaired) electrons. The van der Waals surface area contributed by atoms with Crippen molar-refractivity contribution >= 4 is 85.9 Å². The zero-order valence-corrected chi connectivity index (χ0v) is 41.7. The predicted octanol–water partition coefficient (Wildman–Crippen LogP) is 15.8. The summed E-state index contributed by atoms with van der Waals surface area (Å²) in [5.74, 6) is -2.09. The van der Waals surface area contributed by atoms with Gasteiger partial charge in [0, 0.05) is 54.2 Å². The number of alkyl halides is 7. The van der Waals surface area contributed by atoms with Gasteiger partial charge in [-0.15, -0.1) is 10.2 Å². The Balaban J connectivity index is 0.000000200. The Hall–Kier alpha value is -5.16. The predicted molar refractivity (Wildman–Crippen MR) is 257 cm³/mol. The number of H-pyrrole nitrogens is 1. The lowest BCUT2D eigenvalue weighted by Crippen LogP contribution is -2.20. The fourth-order valence-electron chi connectivity index (χ4n) is 6.14. The number of hydrogen-bond acceptors (Lipinski definition) is 7. The first-order valence-electron chi connectivity index (χ1n) is 19.8. The van der Waals surface area contributed by atoms with Crippen LogP contribution in [-0.4, -0.2) is 29.5 Å². The van der Waals surface area contributed by atoms with Crippen LogP contribution < -0.4 is 10.4 Å². The van der Waals surface area contributed by atoms with Crippen molar-refractivity contribution in [1.29, 1.82) is 0 Å². The minimum atomic E-state index is -4.70. The van der Waals surface area contributed by atoms with E-state index in [1.165, 1.54) is 97.1 Å². The molecule has 1 N–H and O–H groups in total. The van der Waals surface area contributed by atoms with Crippen molar-refractivity contribution < 1.29 is 48.6 Å². The van der Waals surface area contributed by atoms with Gasteiger partial charge in [0.2, 0.25) is 0 Å². The molecule has 0 atom stereocenters. The molecule has 0 saturated heterocycles. The first-order chi connectivity index (χ1) is 33.7. The fraction of sp³-hybridized carbons (Fsp3) is 0.130. The highest BCUT2D eigenvalue weighted by molar-refractivity contribution is 9.08. The molecular formula is C46H29BrCl4F10N6O2S2. The van der Waals surface area contributed by atoms with Gasteiger partial charge >= 0.3 is 24.1 Å². The average Bonchev–Trinajstić information content (AvgIpc) is 3.90. The van der Waals surface area contributed by atoms with E-state index in [9.17, 15) is 48.7 Å². The monoisotopic (exact) mass is 1170 g/mol. The summed E-state index contributed by atoms with van der Waals surface area (Å²) in [4.78, 5) is 12.0. The van der Waals surface area contributed by atoms with E-state index in [4.69, 9.17) is 51.1 Å². The number of nitrogens with zero attached hydrogens (tertiary/aromatic N) is 5. The van der Waals surface area contributed by atoms with Crippen LogP contribution in [0.5, 0.6) is 6.01 Å². The first kappa shape index (κ1) is 55.2. The normalized spacial score (nSPS) is 11.4. The highest BCUT2D eigenvalue weighted by Gasteiger charge is 2.36. The zero-order chi connectivity index (χ0) is 51.6. The van der Waals surface area contributed by atoms with Gasteiger partial charge in [0.1, 0.15) is 29.9 Å². The number of aromatic nitrogens is 6. The SMILES string of the molecule is Fc1cccc(Cl)c1CBr.Fc1cccc(Cl)c1COc1nnc(SCc2c(F)cccc2Cl)n1-c1ccccc1C(F)(F)F.O=c1[nH]nc(SCc2c(F)cccc2Cl)n1-c1ccccc1C(F)(F)F. The summed E-state index contributed by atoms with van der Waals surface area (Å²) >= 11 is 28.6. The molecule has 0 spiro atoms. The number of aromatic amines is 1. The van der Waals surface area contributed by atoms with Crippen LogP contribution in [0.2, 0.25) is 20.1 Å². The van der Waals surface area contributed by atoms with Crippen LogP contribution >= 0.6 is 85.9 Å². The van der Waals surface area contributed by atoms with E-state index in [0.717, 1.165) is 44.8 Å². The van der Waals surface area contributed by atoms with Gasteiger partial charge in [-0.25, -0.2) is 36.6 Å². The summed E-state index contributed by atoms with van der Waals surface area (Å²) in [5.41, 5.74) is -2.62. The third kappa shape index (κ3) is 13.9. The van der Waals surface area contributed by atoms with E-state index in [2.05, 4.69) is 36.3 Å². The fourth-order valence-corrected chi connectivity index (χ4v) is 9.89. The van der Waals surface area contributed by atoms with Gasteiger partial charge in [-0.3, -0.25) is 0 Å². The molecule has 0 aliphatic carbocycles. The Kier molecular flexibility index (Phi) is 19.0. The third-order valence-electron chi connectivity index (χ3n) is 9.56. The van der Waals surface area contributed by atoms with Crippen molar-refractivity contribution in [2.24, 2.45) is 0 Å². The average molecular weight is 1170 g/mol. The van der Waals surface area contributed by atoms with Crippen molar-refractivity contribution in [2.75, 3.05) is 0 Å². The standard InChI is InChI=1S/C23H14Cl2F5N3OS.C16H10ClF4N3OS.C7H5BrClF/c24-16-6-3-8-18(26)13(16)11-34-21-31-32-22(35-12-14-17(25)7-4-9-19(14)27)33(21)20-10-2-1-5-15(20)23(28,29)30;17-11-5-3-6-12(18)9(11)8-26-15-23-22-14(25)24(15)13-7-2-1-4-10(13)16(19,20)21;8-4-5-6(9)2-1-3-7(5)10/h1-10H,11-12H2;1-7H,8H2,(H,22,25);1-3H,4H2. The number of ether oxygens (including phenoxy) is 1. The van der Waals surface area contributed by atoms with Gasteiger partial charge in [-0.2, -0.15) is 26.3 Å². The number of para-hydroxylation sites is 2. The lowest BCUT2D eigenvalue weighted by molar-refractivity contribution is -0.138. The van der Waals surface area contributed by atoms with Gasteiger partial charge in [0.25, 0.3) is 0 Å². The van der Waals surface area contributed by atoms with Crippen LogP contribution in [0.1, 0.15) is 33.4 Å². The summed E-state index contributed by atoms with van der Waals surface area (Å²) in [6.45, 7) is -0.415. The van der Waals surface area contributed by atoms with Crippen molar-refractivity contribution in [2.45, 2.75) is 46.1 Å². The number of rotatable bonds is 12. The van der Waals surface area contributed by atoms with Crippen LogP contribution in [0.15, 0.2) is 136 Å². The van der Waals surface area contributed by atoms with E-state index in [-0.39, 0.29) is 76.8 Å². The molecule has 71 heavy (non-hydrogen) atoms. The quantitative estimate of drug-likeness (QED) is 0.0740. The van der Waals surface area contributed by atoms with Crippen LogP contribution in [0.3, 0.4) is 0 Å². The highest BCUT2D eigenvalue weighted by Crippen LogP contribution is 2.39. The highest BCUT2D eigenvalue weighted by atomic mass is 79.9. The molecule has 6 aromatic carbocycles. The maximum Gasteiger partial charge on any atom is 0.418 e. The summed E-state index contributed by atoms with van der Waals surface area (Å²) in [6.07, 6.45) is -9.35. The molecule has 0 amide bonds. The Morgan fingerprint density at radius 2 is 0.944 bits per heavy atom. The maximum absolute atomic E-state index is 14.2. The van der Waals surface area contributed by atoms with Gasteiger partial charge in [-0.1, -0.05) is 139 Å². The molecule has 0 saturated carbocycles. The molecule has 0 unspecified atom stereocenters. The molecule has 0 fully saturated rings. The van der Waals surface area contributed by atoms with Crippen molar-refractivity contribution in [3.05, 3.63) is 209 Å². The Morgan fingerprint density at radius 3 is 1.37 bits per heavy atom. The first-order valence-corrected chi connectivity index (χ1v) is 24.4. The van der Waals surface area contributed by atoms with Crippen molar-refractivity contribution in [1.82, 2.24) is 29.5 Å². The lowest BCUT2D eigenvalue weighted by atomic mass is 10.1.